The summed E-state index contributed by atoms with van der Waals surface area (Å²) in [7, 11) is 0. The molecule has 17 heavy (non-hydrogen) atoms. The minimum absolute atomic E-state index is 0.0639. The lowest BCUT2D eigenvalue weighted by atomic mass is 9.97. The maximum atomic E-state index is 11.1. The van der Waals surface area contributed by atoms with E-state index in [4.69, 9.17) is 5.11 Å². The van der Waals surface area contributed by atoms with Gasteiger partial charge in [-0.05, 0) is 37.8 Å². The second-order valence-corrected chi connectivity index (χ2v) is 4.60. The van der Waals surface area contributed by atoms with Gasteiger partial charge < -0.3 is 10.2 Å². The lowest BCUT2D eigenvalue weighted by molar-refractivity contribution is 0.0695. The number of nitrogens with zero attached hydrogens (tertiary/aromatic N) is 1. The van der Waals surface area contributed by atoms with Gasteiger partial charge >= 0.3 is 5.97 Å². The number of hydrogen-bond acceptors (Lipinski definition) is 3. The standard InChI is InChI=1S/C13H17NO3/c1-8-11(13(16)17)6-9-4-2-3-5-10(7-15)12(9)14-8/h6,10,15H,2-5,7H2,1H3,(H,16,17). The third-order valence-electron chi connectivity index (χ3n) is 3.41. The zero-order valence-corrected chi connectivity index (χ0v) is 9.94. The van der Waals surface area contributed by atoms with Crippen molar-refractivity contribution in [3.05, 3.63) is 28.6 Å². The molecule has 4 heteroatoms. The number of aryl methyl sites for hydroxylation is 2. The number of aliphatic hydroxyl groups excluding tert-OH is 1. The van der Waals surface area contributed by atoms with E-state index in [2.05, 4.69) is 4.98 Å². The van der Waals surface area contributed by atoms with Crippen molar-refractivity contribution in [3.8, 4) is 0 Å². The minimum Gasteiger partial charge on any atom is -0.478 e. The topological polar surface area (TPSA) is 70.4 Å². The zero-order valence-electron chi connectivity index (χ0n) is 9.94. The van der Waals surface area contributed by atoms with Gasteiger partial charge in [0.1, 0.15) is 0 Å². The van der Waals surface area contributed by atoms with Crippen LogP contribution in [0.4, 0.5) is 0 Å². The van der Waals surface area contributed by atoms with Crippen LogP contribution >= 0.6 is 0 Å². The molecule has 0 fully saturated rings. The molecule has 0 aromatic carbocycles. The molecule has 2 rings (SSSR count). The van der Waals surface area contributed by atoms with Crippen LogP contribution < -0.4 is 0 Å². The number of carboxylic acids is 1. The number of carbonyl (C=O) groups is 1. The number of aromatic carboxylic acids is 1. The zero-order chi connectivity index (χ0) is 12.4. The molecule has 1 aliphatic carbocycles. The summed E-state index contributed by atoms with van der Waals surface area (Å²) in [6.45, 7) is 1.80. The van der Waals surface area contributed by atoms with Crippen LogP contribution in [0.5, 0.6) is 0 Å². The molecule has 4 nitrogen and oxygen atoms in total. The first-order valence-electron chi connectivity index (χ1n) is 5.98. The van der Waals surface area contributed by atoms with Crippen molar-refractivity contribution in [1.82, 2.24) is 4.98 Å². The van der Waals surface area contributed by atoms with Crippen LogP contribution in [0, 0.1) is 6.92 Å². The molecule has 2 N–H and O–H groups in total. The summed E-state index contributed by atoms with van der Waals surface area (Å²) in [5.41, 5.74) is 2.70. The van der Waals surface area contributed by atoms with Gasteiger partial charge in [-0.2, -0.15) is 0 Å². The maximum Gasteiger partial charge on any atom is 0.337 e. The summed E-state index contributed by atoms with van der Waals surface area (Å²) in [5.74, 6) is -0.864. The van der Waals surface area contributed by atoms with E-state index >= 15 is 0 Å². The van der Waals surface area contributed by atoms with Crippen LogP contribution in [0.2, 0.25) is 0 Å². The Labute approximate surface area is 100 Å². The van der Waals surface area contributed by atoms with Gasteiger partial charge in [-0.25, -0.2) is 4.79 Å². The molecule has 1 aliphatic rings. The Hall–Kier alpha value is -1.42. The average molecular weight is 235 g/mol. The Kier molecular flexibility index (Phi) is 3.43. The molecule has 0 bridgehead atoms. The van der Waals surface area contributed by atoms with Gasteiger partial charge in [-0.1, -0.05) is 6.42 Å². The molecule has 0 amide bonds. The first-order chi connectivity index (χ1) is 8.13. The first kappa shape index (κ1) is 12.0. The van der Waals surface area contributed by atoms with Gasteiger partial charge in [0, 0.05) is 11.6 Å². The molecule has 1 heterocycles. The Morgan fingerprint density at radius 1 is 1.53 bits per heavy atom. The summed E-state index contributed by atoms with van der Waals surface area (Å²) in [4.78, 5) is 15.5. The van der Waals surface area contributed by atoms with Gasteiger partial charge in [-0.15, -0.1) is 0 Å². The van der Waals surface area contributed by atoms with Crippen molar-refractivity contribution in [2.24, 2.45) is 0 Å². The Morgan fingerprint density at radius 3 is 2.94 bits per heavy atom. The second-order valence-electron chi connectivity index (χ2n) is 4.60. The lowest BCUT2D eigenvalue weighted by Gasteiger charge is -2.15. The molecule has 0 aliphatic heterocycles. The van der Waals surface area contributed by atoms with E-state index in [-0.39, 0.29) is 18.1 Å². The van der Waals surface area contributed by atoms with Gasteiger partial charge in [0.15, 0.2) is 0 Å². The molecule has 1 aromatic rings. The summed E-state index contributed by atoms with van der Waals surface area (Å²) in [6.07, 6.45) is 3.89. The summed E-state index contributed by atoms with van der Waals surface area (Å²) < 4.78 is 0. The van der Waals surface area contributed by atoms with Crippen LogP contribution in [-0.4, -0.2) is 27.8 Å². The smallest absolute Gasteiger partial charge is 0.337 e. The highest BCUT2D eigenvalue weighted by Crippen LogP contribution is 2.30. The van der Waals surface area contributed by atoms with Crippen LogP contribution in [0.3, 0.4) is 0 Å². The third kappa shape index (κ3) is 2.31. The van der Waals surface area contributed by atoms with Gasteiger partial charge in [0.05, 0.1) is 17.9 Å². The van der Waals surface area contributed by atoms with Crippen molar-refractivity contribution < 1.29 is 15.0 Å². The van der Waals surface area contributed by atoms with E-state index < -0.39 is 5.97 Å². The summed E-state index contributed by atoms with van der Waals surface area (Å²) in [5, 5.41) is 18.4. The number of fused-ring (bicyclic) bond motifs is 1. The van der Waals surface area contributed by atoms with Crippen LogP contribution in [0.25, 0.3) is 0 Å². The highest BCUT2D eigenvalue weighted by atomic mass is 16.4. The van der Waals surface area contributed by atoms with E-state index in [1.165, 1.54) is 0 Å². The van der Waals surface area contributed by atoms with Crippen molar-refractivity contribution in [1.29, 1.82) is 0 Å². The number of carboxylic acid groups (broad SMARTS) is 1. The van der Waals surface area contributed by atoms with Crippen molar-refractivity contribution in [2.75, 3.05) is 6.61 Å². The number of rotatable bonds is 2. The largest absolute Gasteiger partial charge is 0.478 e. The van der Waals surface area contributed by atoms with Crippen molar-refractivity contribution in [2.45, 2.75) is 38.5 Å². The number of aliphatic hydroxyl groups is 1. The average Bonchev–Trinajstić information content (AvgIpc) is 2.49. The lowest BCUT2D eigenvalue weighted by Crippen LogP contribution is -2.12. The van der Waals surface area contributed by atoms with Gasteiger partial charge in [0.25, 0.3) is 0 Å². The molecule has 1 atom stereocenters. The normalized spacial score (nSPS) is 19.5. The van der Waals surface area contributed by atoms with Gasteiger partial charge in [-0.3, -0.25) is 4.98 Å². The van der Waals surface area contributed by atoms with E-state index in [1.54, 1.807) is 13.0 Å². The van der Waals surface area contributed by atoms with Crippen LogP contribution in [0.15, 0.2) is 6.07 Å². The molecule has 0 saturated carbocycles. The quantitative estimate of drug-likeness (QED) is 0.768. The third-order valence-corrected chi connectivity index (χ3v) is 3.41. The monoisotopic (exact) mass is 235 g/mol. The van der Waals surface area contributed by atoms with Crippen molar-refractivity contribution >= 4 is 5.97 Å². The molecule has 0 saturated heterocycles. The van der Waals surface area contributed by atoms with Gasteiger partial charge in [0.2, 0.25) is 0 Å². The fraction of sp³-hybridized carbons (Fsp3) is 0.538. The summed E-state index contributed by atoms with van der Waals surface area (Å²) >= 11 is 0. The van der Waals surface area contributed by atoms with Crippen LogP contribution in [0.1, 0.15) is 52.5 Å². The van der Waals surface area contributed by atoms with E-state index in [0.29, 0.717) is 5.69 Å². The molecule has 0 spiro atoms. The molecular formula is C13H17NO3. The minimum atomic E-state index is -0.928. The van der Waals surface area contributed by atoms with Crippen LogP contribution in [-0.2, 0) is 6.42 Å². The SMILES string of the molecule is Cc1nc2c(cc1C(=O)O)CCCCC2CO. The van der Waals surface area contributed by atoms with E-state index in [1.807, 2.05) is 0 Å². The Bertz CT molecular complexity index is 443. The number of hydrogen-bond donors (Lipinski definition) is 2. The molecule has 0 radical (unpaired) electrons. The molecule has 1 unspecified atom stereocenters. The molecule has 92 valence electrons. The van der Waals surface area contributed by atoms with E-state index in [0.717, 1.165) is 36.9 Å². The Morgan fingerprint density at radius 2 is 2.29 bits per heavy atom. The highest BCUT2D eigenvalue weighted by Gasteiger charge is 2.22. The number of aromatic nitrogens is 1. The number of pyridine rings is 1. The predicted octanol–water partition coefficient (Wildman–Crippen LogP) is 1.89. The first-order valence-corrected chi connectivity index (χ1v) is 5.98. The fourth-order valence-electron chi connectivity index (χ4n) is 2.46. The second kappa shape index (κ2) is 4.84. The van der Waals surface area contributed by atoms with Crippen molar-refractivity contribution in [3.63, 3.8) is 0 Å². The molecular weight excluding hydrogens is 218 g/mol. The fourth-order valence-corrected chi connectivity index (χ4v) is 2.46. The predicted molar refractivity (Wildman–Crippen MR) is 63.3 cm³/mol. The maximum absolute atomic E-state index is 11.1. The Balaban J connectivity index is 2.51. The highest BCUT2D eigenvalue weighted by molar-refractivity contribution is 5.89. The molecule has 1 aromatic heterocycles. The van der Waals surface area contributed by atoms with E-state index in [9.17, 15) is 9.90 Å². The summed E-state index contributed by atoms with van der Waals surface area (Å²) in [6, 6.07) is 1.73.